The number of alkyl carbamates (subject to hydrolysis) is 1. The number of ether oxygens (including phenoxy) is 1. The van der Waals surface area contributed by atoms with Crippen LogP contribution < -0.4 is 10.6 Å². The number of pyridine rings is 1. The van der Waals surface area contributed by atoms with E-state index in [1.165, 1.54) is 12.0 Å². The summed E-state index contributed by atoms with van der Waals surface area (Å²) < 4.78 is 4.78. The average Bonchev–Trinajstić information content (AvgIpc) is 2.99. The standard InChI is InChI=1S/C37H50N4O6/c1-24-14-19-29(38-23-24)27-17-15-26(16-18-27)20-28(39-33(43)32(36(2,3)4)40-34(44)47-8)22-31(42)30(21-25-12-10-9-11-13-25)41(35(45)46)37(5,6)7/h9-19,23,28,30-32,42H,20-22H2,1-8H3,(H,39,43)(H,40,44)(H,45,46)/t28-,30-,31-,32+/m0/s1. The average molecular weight is 647 g/mol. The van der Waals surface area contributed by atoms with Crippen molar-refractivity contribution in [2.45, 2.75) is 97.5 Å². The minimum Gasteiger partial charge on any atom is -0.465 e. The molecule has 4 N–H and O–H groups in total. The lowest BCUT2D eigenvalue weighted by Gasteiger charge is -2.42. The van der Waals surface area contributed by atoms with Crippen LogP contribution in [0.2, 0.25) is 0 Å². The van der Waals surface area contributed by atoms with Gasteiger partial charge in [0.2, 0.25) is 5.91 Å². The molecule has 0 spiro atoms. The van der Waals surface area contributed by atoms with Crippen LogP contribution in [0.5, 0.6) is 0 Å². The van der Waals surface area contributed by atoms with Crippen LogP contribution in [0.1, 0.15) is 64.7 Å². The van der Waals surface area contributed by atoms with Crippen molar-refractivity contribution in [2.75, 3.05) is 7.11 Å². The SMILES string of the molecule is COC(=O)N[C@H](C(=O)N[C@@H](Cc1ccc(-c2ccc(C)cn2)cc1)C[C@H](O)[C@H](Cc1ccccc1)N(C(=O)O)C(C)(C)C)C(C)(C)C. The van der Waals surface area contributed by atoms with E-state index in [9.17, 15) is 24.6 Å². The number of aliphatic hydroxyl groups is 1. The Kier molecular flexibility index (Phi) is 12.5. The monoisotopic (exact) mass is 646 g/mol. The largest absolute Gasteiger partial charge is 0.465 e. The molecule has 3 aromatic rings. The summed E-state index contributed by atoms with van der Waals surface area (Å²) in [6, 6.07) is 18.9. The van der Waals surface area contributed by atoms with Crippen LogP contribution in [0, 0.1) is 12.3 Å². The Hall–Kier alpha value is -4.44. The van der Waals surface area contributed by atoms with Crippen molar-refractivity contribution in [2.24, 2.45) is 5.41 Å². The van der Waals surface area contributed by atoms with Gasteiger partial charge in [-0.2, -0.15) is 0 Å². The summed E-state index contributed by atoms with van der Waals surface area (Å²) in [5, 5.41) is 27.9. The number of hydrogen-bond acceptors (Lipinski definition) is 6. The fraction of sp³-hybridized carbons (Fsp3) is 0.459. The zero-order valence-electron chi connectivity index (χ0n) is 28.8. The van der Waals surface area contributed by atoms with Crippen molar-refractivity contribution in [3.05, 3.63) is 89.6 Å². The van der Waals surface area contributed by atoms with Gasteiger partial charge in [-0.25, -0.2) is 9.59 Å². The number of methoxy groups -OCH3 is 1. The third-order valence-electron chi connectivity index (χ3n) is 8.08. The molecule has 0 fully saturated rings. The molecule has 0 unspecified atom stereocenters. The first-order valence-corrected chi connectivity index (χ1v) is 15.9. The number of aryl methyl sites for hydroxylation is 1. The van der Waals surface area contributed by atoms with Crippen molar-refractivity contribution in [3.63, 3.8) is 0 Å². The van der Waals surface area contributed by atoms with Gasteiger partial charge in [0, 0.05) is 23.3 Å². The van der Waals surface area contributed by atoms with Crippen LogP contribution in [-0.4, -0.2) is 75.1 Å². The number of nitrogens with zero attached hydrogens (tertiary/aromatic N) is 2. The first kappa shape index (κ1) is 37.0. The first-order valence-electron chi connectivity index (χ1n) is 15.9. The van der Waals surface area contributed by atoms with Crippen molar-refractivity contribution in [1.82, 2.24) is 20.5 Å². The quantitative estimate of drug-likeness (QED) is 0.189. The fourth-order valence-corrected chi connectivity index (χ4v) is 5.69. The van der Waals surface area contributed by atoms with Gasteiger partial charge in [-0.1, -0.05) is 81.4 Å². The van der Waals surface area contributed by atoms with Gasteiger partial charge in [0.15, 0.2) is 0 Å². The van der Waals surface area contributed by atoms with Gasteiger partial charge in [0.1, 0.15) is 6.04 Å². The van der Waals surface area contributed by atoms with Crippen LogP contribution in [0.15, 0.2) is 72.9 Å². The first-order chi connectivity index (χ1) is 22.0. The van der Waals surface area contributed by atoms with Crippen LogP contribution in [0.25, 0.3) is 11.3 Å². The molecule has 10 nitrogen and oxygen atoms in total. The fourth-order valence-electron chi connectivity index (χ4n) is 5.69. The van der Waals surface area contributed by atoms with Crippen molar-refractivity contribution < 1.29 is 29.3 Å². The molecule has 254 valence electrons. The summed E-state index contributed by atoms with van der Waals surface area (Å²) in [5.41, 5.74) is 3.15. The number of aromatic nitrogens is 1. The summed E-state index contributed by atoms with van der Waals surface area (Å²) in [6.45, 7) is 12.9. The predicted molar refractivity (Wildman–Crippen MR) is 183 cm³/mol. The molecule has 1 aromatic heterocycles. The molecular formula is C37H50N4O6. The lowest BCUT2D eigenvalue weighted by molar-refractivity contribution is -0.126. The third kappa shape index (κ3) is 10.8. The van der Waals surface area contributed by atoms with Crippen LogP contribution >= 0.6 is 0 Å². The van der Waals surface area contributed by atoms with E-state index in [0.717, 1.165) is 27.9 Å². The smallest absolute Gasteiger partial charge is 0.408 e. The number of rotatable bonds is 12. The van der Waals surface area contributed by atoms with Gasteiger partial charge in [0.25, 0.3) is 0 Å². The number of carboxylic acid groups (broad SMARTS) is 1. The molecule has 0 aliphatic rings. The summed E-state index contributed by atoms with van der Waals surface area (Å²) in [7, 11) is 1.23. The van der Waals surface area contributed by atoms with Gasteiger partial charge in [0.05, 0.1) is 24.9 Å². The second-order valence-electron chi connectivity index (χ2n) is 14.1. The highest BCUT2D eigenvalue weighted by Crippen LogP contribution is 2.26. The second kappa shape index (κ2) is 15.9. The van der Waals surface area contributed by atoms with Crippen molar-refractivity contribution in [3.8, 4) is 11.3 Å². The molecule has 0 radical (unpaired) electrons. The number of carbonyl (C=O) groups is 3. The van der Waals surface area contributed by atoms with Crippen LogP contribution in [0.3, 0.4) is 0 Å². The van der Waals surface area contributed by atoms with Gasteiger partial charge < -0.3 is 25.6 Å². The molecule has 1 heterocycles. The molecule has 4 atom stereocenters. The molecule has 47 heavy (non-hydrogen) atoms. The van der Waals surface area contributed by atoms with E-state index in [1.807, 2.05) is 101 Å². The van der Waals surface area contributed by atoms with Crippen LogP contribution in [-0.2, 0) is 22.4 Å². The maximum Gasteiger partial charge on any atom is 0.408 e. The molecular weight excluding hydrogens is 596 g/mol. The summed E-state index contributed by atoms with van der Waals surface area (Å²) in [6.07, 6.45) is -0.531. The molecule has 10 heteroatoms. The van der Waals surface area contributed by atoms with Gasteiger partial charge in [-0.15, -0.1) is 0 Å². The number of hydrogen-bond donors (Lipinski definition) is 4. The topological polar surface area (TPSA) is 141 Å². The molecule has 0 saturated heterocycles. The Morgan fingerprint density at radius 3 is 2.00 bits per heavy atom. The number of benzene rings is 2. The molecule has 0 saturated carbocycles. The maximum absolute atomic E-state index is 13.8. The number of carbonyl (C=O) groups excluding carboxylic acids is 2. The Morgan fingerprint density at radius 1 is 0.872 bits per heavy atom. The number of amides is 3. The number of nitrogens with one attached hydrogen (secondary N) is 2. The maximum atomic E-state index is 13.8. The van der Waals surface area contributed by atoms with E-state index in [4.69, 9.17) is 4.74 Å². The minimum absolute atomic E-state index is 0.0550. The van der Waals surface area contributed by atoms with Crippen molar-refractivity contribution >= 4 is 18.1 Å². The zero-order chi connectivity index (χ0) is 34.9. The summed E-state index contributed by atoms with van der Waals surface area (Å²) in [4.78, 5) is 44.4. The minimum atomic E-state index is -1.14. The highest BCUT2D eigenvalue weighted by atomic mass is 16.5. The normalized spacial score (nSPS) is 14.3. The third-order valence-corrected chi connectivity index (χ3v) is 8.08. The van der Waals surface area contributed by atoms with E-state index in [-0.39, 0.29) is 12.8 Å². The molecule has 2 aromatic carbocycles. The van der Waals surface area contributed by atoms with Gasteiger partial charge in [-0.05, 0) is 75.1 Å². The Bertz CT molecular complexity index is 1460. The van der Waals surface area contributed by atoms with Gasteiger partial charge >= 0.3 is 12.2 Å². The molecule has 0 bridgehead atoms. The van der Waals surface area contributed by atoms with E-state index in [2.05, 4.69) is 15.6 Å². The highest BCUT2D eigenvalue weighted by molar-refractivity contribution is 5.86. The lowest BCUT2D eigenvalue weighted by atomic mass is 9.85. The van der Waals surface area contributed by atoms with Gasteiger partial charge in [-0.3, -0.25) is 14.7 Å². The summed E-state index contributed by atoms with van der Waals surface area (Å²) in [5.74, 6) is -0.439. The Balaban J connectivity index is 1.97. The van der Waals surface area contributed by atoms with Crippen molar-refractivity contribution in [1.29, 1.82) is 0 Å². The van der Waals surface area contributed by atoms with E-state index >= 15 is 0 Å². The molecule has 0 aliphatic carbocycles. The van der Waals surface area contributed by atoms with E-state index in [0.29, 0.717) is 6.42 Å². The predicted octanol–water partition coefficient (Wildman–Crippen LogP) is 6.00. The zero-order valence-corrected chi connectivity index (χ0v) is 28.8. The second-order valence-corrected chi connectivity index (χ2v) is 14.1. The Morgan fingerprint density at radius 2 is 1.49 bits per heavy atom. The Labute approximate surface area is 278 Å². The molecule has 0 aliphatic heterocycles. The highest BCUT2D eigenvalue weighted by Gasteiger charge is 2.39. The van der Waals surface area contributed by atoms with E-state index < -0.39 is 53.3 Å². The lowest BCUT2D eigenvalue weighted by Crippen LogP contribution is -2.59. The van der Waals surface area contributed by atoms with E-state index in [1.54, 1.807) is 20.8 Å². The molecule has 3 rings (SSSR count). The molecule has 3 amide bonds. The number of aliphatic hydroxyl groups excluding tert-OH is 1. The van der Waals surface area contributed by atoms with Crippen LogP contribution in [0.4, 0.5) is 9.59 Å². The summed E-state index contributed by atoms with van der Waals surface area (Å²) >= 11 is 0.